The van der Waals surface area contributed by atoms with Crippen LogP contribution in [-0.2, 0) is 14.3 Å². The summed E-state index contributed by atoms with van der Waals surface area (Å²) in [6.45, 7) is 1.44. The Balaban J connectivity index is 1.51. The molecule has 1 aliphatic rings. The van der Waals surface area contributed by atoms with Crippen LogP contribution in [0.25, 0.3) is 22.3 Å². The lowest BCUT2D eigenvalue weighted by molar-refractivity contribution is -0.143. The van der Waals surface area contributed by atoms with Crippen LogP contribution in [0.1, 0.15) is 56.7 Å². The van der Waals surface area contributed by atoms with Crippen molar-refractivity contribution >= 4 is 28.6 Å². The van der Waals surface area contributed by atoms with Gasteiger partial charge in [-0.25, -0.2) is 14.8 Å². The zero-order valence-corrected chi connectivity index (χ0v) is 21.4. The van der Waals surface area contributed by atoms with Crippen LogP contribution in [0, 0.1) is 17.2 Å². The first kappa shape index (κ1) is 25.1. The van der Waals surface area contributed by atoms with Gasteiger partial charge in [-0.3, -0.25) is 9.48 Å². The summed E-state index contributed by atoms with van der Waals surface area (Å²) in [5.74, 6) is -0.168. The molecule has 1 aromatic carbocycles. The van der Waals surface area contributed by atoms with Gasteiger partial charge in [0.15, 0.2) is 6.04 Å². The van der Waals surface area contributed by atoms with Gasteiger partial charge in [0.2, 0.25) is 5.91 Å². The van der Waals surface area contributed by atoms with Crippen LogP contribution < -0.4 is 5.32 Å². The number of nitrogens with zero attached hydrogens (tertiary/aromatic N) is 6. The number of carbonyl (C=O) groups excluding carboxylic acids is 2. The lowest BCUT2D eigenvalue weighted by Gasteiger charge is -2.21. The predicted molar refractivity (Wildman–Crippen MR) is 141 cm³/mol. The Morgan fingerprint density at radius 3 is 2.63 bits per heavy atom. The maximum atomic E-state index is 12.9. The van der Waals surface area contributed by atoms with E-state index in [9.17, 15) is 14.9 Å². The quantitative estimate of drug-likeness (QED) is 0.341. The van der Waals surface area contributed by atoms with Crippen molar-refractivity contribution in [1.82, 2.24) is 24.3 Å². The SMILES string of the molecule is COC(=O)[C@@H](c1ccc(NC(C)=O)cc1)n1ccc2c(-c3cnn([C@H](CC#N)C4CCCC4)c3)ncnc21. The molecule has 5 rings (SSSR count). The van der Waals surface area contributed by atoms with Gasteiger partial charge in [-0.2, -0.15) is 10.4 Å². The summed E-state index contributed by atoms with van der Waals surface area (Å²) >= 11 is 0. The Bertz CT molecular complexity index is 1490. The van der Waals surface area contributed by atoms with Gasteiger partial charge < -0.3 is 14.6 Å². The Labute approximate surface area is 220 Å². The molecular formula is C28H29N7O3. The predicted octanol–water partition coefficient (Wildman–Crippen LogP) is 4.66. The van der Waals surface area contributed by atoms with Crippen molar-refractivity contribution in [3.05, 3.63) is 60.8 Å². The van der Waals surface area contributed by atoms with E-state index in [0.29, 0.717) is 34.9 Å². The molecule has 1 amide bonds. The van der Waals surface area contributed by atoms with Crippen molar-refractivity contribution < 1.29 is 14.3 Å². The van der Waals surface area contributed by atoms with E-state index >= 15 is 0 Å². The number of fused-ring (bicyclic) bond motifs is 1. The molecule has 194 valence electrons. The number of nitrogens with one attached hydrogen (secondary N) is 1. The van der Waals surface area contributed by atoms with Crippen molar-refractivity contribution in [2.75, 3.05) is 12.4 Å². The number of carbonyl (C=O) groups is 2. The average molecular weight is 512 g/mol. The van der Waals surface area contributed by atoms with Crippen molar-refractivity contribution in [2.45, 2.75) is 51.1 Å². The molecule has 0 spiro atoms. The first-order chi connectivity index (χ1) is 18.5. The molecule has 0 bridgehead atoms. The molecule has 38 heavy (non-hydrogen) atoms. The molecule has 3 aromatic heterocycles. The number of nitriles is 1. The lowest BCUT2D eigenvalue weighted by atomic mass is 9.96. The van der Waals surface area contributed by atoms with E-state index in [1.165, 1.54) is 33.2 Å². The summed E-state index contributed by atoms with van der Waals surface area (Å²) in [5, 5.41) is 17.5. The van der Waals surface area contributed by atoms with Gasteiger partial charge in [-0.15, -0.1) is 0 Å². The first-order valence-corrected chi connectivity index (χ1v) is 12.7. The molecule has 0 radical (unpaired) electrons. The van der Waals surface area contributed by atoms with Gasteiger partial charge in [0.25, 0.3) is 0 Å². The zero-order chi connectivity index (χ0) is 26.6. The molecule has 1 fully saturated rings. The fraction of sp³-hybridized carbons (Fsp3) is 0.357. The van der Waals surface area contributed by atoms with Crippen molar-refractivity contribution in [3.63, 3.8) is 0 Å². The third-order valence-corrected chi connectivity index (χ3v) is 7.22. The van der Waals surface area contributed by atoms with E-state index in [4.69, 9.17) is 4.74 Å². The van der Waals surface area contributed by atoms with Crippen LogP contribution in [-0.4, -0.2) is 43.3 Å². The van der Waals surface area contributed by atoms with Gasteiger partial charge in [-0.1, -0.05) is 25.0 Å². The molecule has 0 aliphatic heterocycles. The Kier molecular flexibility index (Phi) is 7.18. The van der Waals surface area contributed by atoms with Gasteiger partial charge in [0.1, 0.15) is 12.0 Å². The smallest absolute Gasteiger partial charge is 0.333 e. The number of aromatic nitrogens is 5. The lowest BCUT2D eigenvalue weighted by Crippen LogP contribution is -2.22. The highest BCUT2D eigenvalue weighted by molar-refractivity contribution is 5.92. The number of anilines is 1. The summed E-state index contributed by atoms with van der Waals surface area (Å²) in [6, 6.07) is 10.5. The molecule has 3 heterocycles. The third kappa shape index (κ3) is 4.87. The van der Waals surface area contributed by atoms with Crippen LogP contribution in [0.4, 0.5) is 5.69 Å². The molecule has 10 nitrogen and oxygen atoms in total. The summed E-state index contributed by atoms with van der Waals surface area (Å²) in [4.78, 5) is 33.4. The molecular weight excluding hydrogens is 482 g/mol. The number of hydrogen-bond donors (Lipinski definition) is 1. The first-order valence-electron chi connectivity index (χ1n) is 12.7. The third-order valence-electron chi connectivity index (χ3n) is 7.22. The van der Waals surface area contributed by atoms with Gasteiger partial charge >= 0.3 is 5.97 Å². The number of esters is 1. The van der Waals surface area contributed by atoms with Crippen LogP contribution in [0.5, 0.6) is 0 Å². The number of methoxy groups -OCH3 is 1. The average Bonchev–Trinajstić information content (AvgIpc) is 3.69. The van der Waals surface area contributed by atoms with Crippen molar-refractivity contribution in [3.8, 4) is 17.3 Å². The second-order valence-electron chi connectivity index (χ2n) is 9.59. The number of rotatable bonds is 8. The highest BCUT2D eigenvalue weighted by Crippen LogP contribution is 2.37. The molecule has 1 saturated carbocycles. The van der Waals surface area contributed by atoms with Gasteiger partial charge in [0, 0.05) is 36.0 Å². The summed E-state index contributed by atoms with van der Waals surface area (Å²) in [5.41, 5.74) is 3.43. The monoisotopic (exact) mass is 511 g/mol. The highest BCUT2D eigenvalue weighted by atomic mass is 16.5. The number of ether oxygens (including phenoxy) is 1. The Morgan fingerprint density at radius 2 is 1.95 bits per heavy atom. The minimum Gasteiger partial charge on any atom is -0.467 e. The number of benzene rings is 1. The molecule has 0 unspecified atom stereocenters. The molecule has 0 saturated heterocycles. The topological polar surface area (TPSA) is 128 Å². The molecule has 1 aliphatic carbocycles. The summed E-state index contributed by atoms with van der Waals surface area (Å²) < 4.78 is 8.81. The number of amides is 1. The maximum Gasteiger partial charge on any atom is 0.333 e. The maximum absolute atomic E-state index is 12.9. The van der Waals surface area contributed by atoms with Gasteiger partial charge in [0.05, 0.1) is 37.5 Å². The fourth-order valence-corrected chi connectivity index (χ4v) is 5.44. The van der Waals surface area contributed by atoms with E-state index in [-0.39, 0.29) is 11.9 Å². The van der Waals surface area contributed by atoms with E-state index < -0.39 is 12.0 Å². The van der Waals surface area contributed by atoms with E-state index in [1.807, 2.05) is 16.9 Å². The minimum atomic E-state index is -0.781. The van der Waals surface area contributed by atoms with Crippen molar-refractivity contribution in [2.24, 2.45) is 5.92 Å². The summed E-state index contributed by atoms with van der Waals surface area (Å²) in [7, 11) is 1.35. The van der Waals surface area contributed by atoms with Crippen LogP contribution in [0.15, 0.2) is 55.2 Å². The molecule has 4 aromatic rings. The normalized spacial score (nSPS) is 15.2. The summed E-state index contributed by atoms with van der Waals surface area (Å²) in [6.07, 6.45) is 12.0. The van der Waals surface area contributed by atoms with Gasteiger partial charge in [-0.05, 0) is 42.5 Å². The van der Waals surface area contributed by atoms with Crippen LogP contribution in [0.2, 0.25) is 0 Å². The molecule has 1 N–H and O–H groups in total. The van der Waals surface area contributed by atoms with E-state index in [0.717, 1.165) is 23.8 Å². The second-order valence-corrected chi connectivity index (χ2v) is 9.59. The van der Waals surface area contributed by atoms with Crippen molar-refractivity contribution in [1.29, 1.82) is 5.26 Å². The standard InChI is InChI=1S/C28H29N7O3/c1-18(36)33-22-9-7-20(8-10-22)26(28(37)38-2)34-14-12-23-25(30-17-31-27(23)34)21-15-32-35(16-21)24(11-13-29)19-5-3-4-6-19/h7-10,12,14-17,19,24,26H,3-6,11H2,1-2H3,(H,33,36)/t24-,26-/m1/s1. The largest absolute Gasteiger partial charge is 0.467 e. The molecule has 2 atom stereocenters. The second kappa shape index (κ2) is 10.8. The van der Waals surface area contributed by atoms with Crippen LogP contribution >= 0.6 is 0 Å². The zero-order valence-electron chi connectivity index (χ0n) is 21.4. The van der Waals surface area contributed by atoms with E-state index in [1.54, 1.807) is 41.2 Å². The fourth-order valence-electron chi connectivity index (χ4n) is 5.44. The highest BCUT2D eigenvalue weighted by Gasteiger charge is 2.28. The Hall–Kier alpha value is -4.52. The number of hydrogen-bond acceptors (Lipinski definition) is 7. The van der Waals surface area contributed by atoms with Crippen LogP contribution in [0.3, 0.4) is 0 Å². The Morgan fingerprint density at radius 1 is 1.18 bits per heavy atom. The minimum absolute atomic E-state index is 0.0438. The van der Waals surface area contributed by atoms with E-state index in [2.05, 4.69) is 26.5 Å². The molecule has 10 heteroatoms.